The third-order valence-corrected chi connectivity index (χ3v) is 6.57. The molecule has 10 heteroatoms. The quantitative estimate of drug-likeness (QED) is 0.594. The van der Waals surface area contributed by atoms with Crippen molar-refractivity contribution in [2.75, 3.05) is 31.3 Å². The summed E-state index contributed by atoms with van der Waals surface area (Å²) in [5.41, 5.74) is 1.78. The molecule has 0 spiro atoms. The van der Waals surface area contributed by atoms with E-state index in [4.69, 9.17) is 16.3 Å². The predicted molar refractivity (Wildman–Crippen MR) is 125 cm³/mol. The van der Waals surface area contributed by atoms with Crippen molar-refractivity contribution in [1.29, 1.82) is 0 Å². The first-order chi connectivity index (χ1) is 15.0. The van der Waals surface area contributed by atoms with E-state index in [-0.39, 0.29) is 18.1 Å². The number of hydrogen-bond donors (Lipinski definition) is 1. The summed E-state index contributed by atoms with van der Waals surface area (Å²) < 4.78 is 31.2. The molecule has 0 bridgehead atoms. The van der Waals surface area contributed by atoms with Gasteiger partial charge >= 0.3 is 0 Å². The topological polar surface area (TPSA) is 96.0 Å². The molecule has 0 radical (unpaired) electrons. The molecule has 2 amide bonds. The van der Waals surface area contributed by atoms with Gasteiger partial charge in [-0.05, 0) is 49.2 Å². The Morgan fingerprint density at radius 1 is 1.19 bits per heavy atom. The number of aryl methyl sites for hydroxylation is 1. The molecule has 8 nitrogen and oxygen atoms in total. The highest BCUT2D eigenvalue weighted by Gasteiger charge is 2.29. The Morgan fingerprint density at radius 3 is 2.44 bits per heavy atom. The fourth-order valence-corrected chi connectivity index (χ4v) is 4.13. The number of carbonyl (C=O) groups excluding carboxylic acids is 2. The van der Waals surface area contributed by atoms with E-state index in [9.17, 15) is 18.0 Å². The number of hydrogen-bond acceptors (Lipinski definition) is 5. The molecule has 0 saturated carbocycles. The van der Waals surface area contributed by atoms with Crippen LogP contribution < -0.4 is 14.4 Å². The maximum atomic E-state index is 13.3. The number of benzene rings is 2. The summed E-state index contributed by atoms with van der Waals surface area (Å²) in [5.74, 6) is -0.300. The maximum absolute atomic E-state index is 13.3. The van der Waals surface area contributed by atoms with Gasteiger partial charge in [-0.3, -0.25) is 13.9 Å². The van der Waals surface area contributed by atoms with Crippen molar-refractivity contribution in [1.82, 2.24) is 10.2 Å². The third-order valence-electron chi connectivity index (χ3n) is 5.02. The van der Waals surface area contributed by atoms with E-state index < -0.39 is 28.5 Å². The summed E-state index contributed by atoms with van der Waals surface area (Å²) >= 11 is 6.17. The normalized spacial score (nSPS) is 12.1. The van der Waals surface area contributed by atoms with Gasteiger partial charge in [0.25, 0.3) is 0 Å². The maximum Gasteiger partial charge on any atom is 0.244 e. The zero-order chi connectivity index (χ0) is 24.1. The van der Waals surface area contributed by atoms with Crippen LogP contribution in [-0.2, 0) is 26.2 Å². The van der Waals surface area contributed by atoms with E-state index in [0.717, 1.165) is 21.7 Å². The Balaban J connectivity index is 2.41. The SMILES string of the molecule is CNC(=O)C(C)N(Cc1cccc(OC)c1)C(=O)CN(c1ccc(C)c(Cl)c1)S(C)(=O)=O. The van der Waals surface area contributed by atoms with Crippen molar-refractivity contribution in [3.63, 3.8) is 0 Å². The Kier molecular flexibility index (Phi) is 8.51. The zero-order valence-corrected chi connectivity index (χ0v) is 20.3. The molecular formula is C22H28ClN3O5S. The van der Waals surface area contributed by atoms with Crippen LogP contribution in [0.3, 0.4) is 0 Å². The van der Waals surface area contributed by atoms with Crippen LogP contribution in [0.25, 0.3) is 0 Å². The summed E-state index contributed by atoms with van der Waals surface area (Å²) in [6, 6.07) is 11.0. The highest BCUT2D eigenvalue weighted by atomic mass is 35.5. The van der Waals surface area contributed by atoms with Crippen LogP contribution in [0.2, 0.25) is 5.02 Å². The molecule has 32 heavy (non-hydrogen) atoms. The van der Waals surface area contributed by atoms with Gasteiger partial charge in [0, 0.05) is 18.6 Å². The summed E-state index contributed by atoms with van der Waals surface area (Å²) in [5, 5.41) is 2.92. The highest BCUT2D eigenvalue weighted by molar-refractivity contribution is 7.92. The first kappa shape index (κ1) is 25.5. The van der Waals surface area contributed by atoms with Gasteiger partial charge in [-0.25, -0.2) is 8.42 Å². The van der Waals surface area contributed by atoms with Crippen LogP contribution >= 0.6 is 11.6 Å². The second kappa shape index (κ2) is 10.7. The first-order valence-corrected chi connectivity index (χ1v) is 12.1. The lowest BCUT2D eigenvalue weighted by Gasteiger charge is -2.31. The lowest BCUT2D eigenvalue weighted by molar-refractivity contribution is -0.139. The average Bonchev–Trinajstić information content (AvgIpc) is 2.75. The molecule has 0 aliphatic heterocycles. The lowest BCUT2D eigenvalue weighted by atomic mass is 10.1. The second-order valence-corrected chi connectivity index (χ2v) is 9.68. The fraction of sp³-hybridized carbons (Fsp3) is 0.364. The number of halogens is 1. The number of nitrogens with zero attached hydrogens (tertiary/aromatic N) is 2. The Morgan fingerprint density at radius 2 is 1.88 bits per heavy atom. The largest absolute Gasteiger partial charge is 0.497 e. The number of ether oxygens (including phenoxy) is 1. The number of anilines is 1. The van der Waals surface area contributed by atoms with E-state index in [1.807, 2.05) is 0 Å². The van der Waals surface area contributed by atoms with E-state index in [2.05, 4.69) is 5.32 Å². The Hall–Kier alpha value is -2.78. The molecule has 0 saturated heterocycles. The lowest BCUT2D eigenvalue weighted by Crippen LogP contribution is -2.50. The molecule has 1 atom stereocenters. The number of rotatable bonds is 9. The van der Waals surface area contributed by atoms with Crippen molar-refractivity contribution in [2.45, 2.75) is 26.4 Å². The van der Waals surface area contributed by atoms with Crippen molar-refractivity contribution >= 4 is 39.1 Å². The molecule has 0 aliphatic carbocycles. The van der Waals surface area contributed by atoms with Gasteiger partial charge in [0.15, 0.2) is 0 Å². The minimum atomic E-state index is -3.80. The molecule has 174 valence electrons. The molecular weight excluding hydrogens is 454 g/mol. The smallest absolute Gasteiger partial charge is 0.244 e. The molecule has 0 aromatic heterocycles. The van der Waals surface area contributed by atoms with Crippen molar-refractivity contribution in [3.05, 3.63) is 58.6 Å². The molecule has 0 heterocycles. The molecule has 0 fully saturated rings. The number of nitrogens with one attached hydrogen (secondary N) is 1. The molecule has 1 N–H and O–H groups in total. The minimum absolute atomic E-state index is 0.0941. The molecule has 2 aromatic carbocycles. The first-order valence-electron chi connectivity index (χ1n) is 9.85. The molecule has 0 aliphatic rings. The molecule has 2 aromatic rings. The minimum Gasteiger partial charge on any atom is -0.497 e. The average molecular weight is 482 g/mol. The highest BCUT2D eigenvalue weighted by Crippen LogP contribution is 2.25. The number of methoxy groups -OCH3 is 1. The van der Waals surface area contributed by atoms with Gasteiger partial charge in [0.1, 0.15) is 18.3 Å². The van der Waals surface area contributed by atoms with E-state index in [0.29, 0.717) is 10.8 Å². The van der Waals surface area contributed by atoms with Crippen LogP contribution in [-0.4, -0.2) is 58.1 Å². The van der Waals surface area contributed by atoms with E-state index in [1.54, 1.807) is 50.2 Å². The Bertz CT molecular complexity index is 1090. The van der Waals surface area contributed by atoms with Crippen LogP contribution in [0.1, 0.15) is 18.1 Å². The monoisotopic (exact) mass is 481 g/mol. The number of likely N-dealkylation sites (N-methyl/N-ethyl adjacent to an activating group) is 1. The Labute approximate surface area is 194 Å². The van der Waals surface area contributed by atoms with Gasteiger partial charge in [-0.1, -0.05) is 29.8 Å². The van der Waals surface area contributed by atoms with Crippen LogP contribution in [0.4, 0.5) is 5.69 Å². The van der Waals surface area contributed by atoms with Crippen molar-refractivity contribution < 1.29 is 22.7 Å². The standard InChI is InChI=1S/C22H28ClN3O5S/c1-15-9-10-18(12-20(15)23)26(32(5,29)30)14-21(27)25(16(2)22(28)24-3)13-17-7-6-8-19(11-17)31-4/h6-12,16H,13-14H2,1-5H3,(H,24,28). The van der Waals surface area contributed by atoms with Crippen molar-refractivity contribution in [2.24, 2.45) is 0 Å². The van der Waals surface area contributed by atoms with Crippen LogP contribution in [0.5, 0.6) is 5.75 Å². The predicted octanol–water partition coefficient (Wildman–Crippen LogP) is 2.59. The number of carbonyl (C=O) groups is 2. The van der Waals surface area contributed by atoms with Gasteiger partial charge in [0.2, 0.25) is 21.8 Å². The van der Waals surface area contributed by atoms with Gasteiger partial charge in [-0.15, -0.1) is 0 Å². The van der Waals surface area contributed by atoms with E-state index in [1.165, 1.54) is 25.1 Å². The van der Waals surface area contributed by atoms with E-state index >= 15 is 0 Å². The summed E-state index contributed by atoms with van der Waals surface area (Å²) in [6.45, 7) is 2.99. The third kappa shape index (κ3) is 6.37. The van der Waals surface area contributed by atoms with Crippen LogP contribution in [0, 0.1) is 6.92 Å². The van der Waals surface area contributed by atoms with Gasteiger partial charge in [0.05, 0.1) is 19.1 Å². The van der Waals surface area contributed by atoms with Crippen LogP contribution in [0.15, 0.2) is 42.5 Å². The van der Waals surface area contributed by atoms with Gasteiger partial charge in [-0.2, -0.15) is 0 Å². The summed E-state index contributed by atoms with van der Waals surface area (Å²) in [4.78, 5) is 27.0. The zero-order valence-electron chi connectivity index (χ0n) is 18.8. The fourth-order valence-electron chi connectivity index (χ4n) is 3.11. The molecule has 2 rings (SSSR count). The second-order valence-electron chi connectivity index (χ2n) is 7.37. The summed E-state index contributed by atoms with van der Waals surface area (Å²) in [7, 11) is -0.795. The summed E-state index contributed by atoms with van der Waals surface area (Å²) in [6.07, 6.45) is 1.02. The molecule has 1 unspecified atom stereocenters. The van der Waals surface area contributed by atoms with Crippen molar-refractivity contribution in [3.8, 4) is 5.75 Å². The van der Waals surface area contributed by atoms with Gasteiger partial charge < -0.3 is 15.0 Å². The number of sulfonamides is 1. The number of amides is 2.